The zero-order chi connectivity index (χ0) is 13.4. The SMILES string of the molecule is Cc1ccc2c(c1)[nH]c(=S)n2CC1CCCN(C)C1. The van der Waals surface area contributed by atoms with Crippen molar-refractivity contribution in [1.29, 1.82) is 0 Å². The van der Waals surface area contributed by atoms with Gasteiger partial charge in [0.15, 0.2) is 4.77 Å². The van der Waals surface area contributed by atoms with Gasteiger partial charge in [-0.1, -0.05) is 6.07 Å². The molecule has 1 N–H and O–H groups in total. The molecule has 0 bridgehead atoms. The highest BCUT2D eigenvalue weighted by molar-refractivity contribution is 7.71. The molecule has 0 spiro atoms. The minimum absolute atomic E-state index is 0.714. The van der Waals surface area contributed by atoms with Gasteiger partial charge in [0.1, 0.15) is 0 Å². The van der Waals surface area contributed by atoms with Crippen LogP contribution in [0.3, 0.4) is 0 Å². The summed E-state index contributed by atoms with van der Waals surface area (Å²) in [6, 6.07) is 6.52. The molecule has 1 aliphatic heterocycles. The van der Waals surface area contributed by atoms with Gasteiger partial charge in [0.05, 0.1) is 11.0 Å². The molecule has 1 atom stereocenters. The highest BCUT2D eigenvalue weighted by Gasteiger charge is 2.18. The smallest absolute Gasteiger partial charge is 0.178 e. The van der Waals surface area contributed by atoms with Crippen molar-refractivity contribution in [2.24, 2.45) is 5.92 Å². The quantitative estimate of drug-likeness (QED) is 0.850. The zero-order valence-corrected chi connectivity index (χ0v) is 12.5. The summed E-state index contributed by atoms with van der Waals surface area (Å²) >= 11 is 5.49. The van der Waals surface area contributed by atoms with Crippen LogP contribution in [0.5, 0.6) is 0 Å². The second-order valence-corrected chi connectivity index (χ2v) is 6.22. The summed E-state index contributed by atoms with van der Waals surface area (Å²) in [5, 5.41) is 0. The van der Waals surface area contributed by atoms with E-state index in [4.69, 9.17) is 12.2 Å². The van der Waals surface area contributed by atoms with E-state index < -0.39 is 0 Å². The monoisotopic (exact) mass is 275 g/mol. The summed E-state index contributed by atoms with van der Waals surface area (Å²) in [6.07, 6.45) is 2.61. The molecule has 1 unspecified atom stereocenters. The Balaban J connectivity index is 1.92. The van der Waals surface area contributed by atoms with E-state index in [1.54, 1.807) is 0 Å². The van der Waals surface area contributed by atoms with Crippen LogP contribution in [0.2, 0.25) is 0 Å². The Morgan fingerprint density at radius 1 is 1.42 bits per heavy atom. The third kappa shape index (κ3) is 2.60. The predicted octanol–water partition coefficient (Wildman–Crippen LogP) is 3.35. The van der Waals surface area contributed by atoms with E-state index in [0.29, 0.717) is 5.92 Å². The lowest BCUT2D eigenvalue weighted by atomic mass is 9.98. The maximum Gasteiger partial charge on any atom is 0.178 e. The molecule has 1 aromatic heterocycles. The Labute approximate surface area is 119 Å². The Kier molecular flexibility index (Phi) is 3.46. The van der Waals surface area contributed by atoms with Crippen LogP contribution in [0.25, 0.3) is 11.0 Å². The van der Waals surface area contributed by atoms with Gasteiger partial charge >= 0.3 is 0 Å². The van der Waals surface area contributed by atoms with Crippen molar-refractivity contribution in [3.63, 3.8) is 0 Å². The number of rotatable bonds is 2. The standard InChI is InChI=1S/C15H21N3S/c1-11-5-6-14-13(8-11)16-15(19)18(14)10-12-4-3-7-17(2)9-12/h5-6,8,12H,3-4,7,9-10H2,1-2H3,(H,16,19). The van der Waals surface area contributed by atoms with Gasteiger partial charge in [-0.25, -0.2) is 0 Å². The van der Waals surface area contributed by atoms with Crippen LogP contribution in [0.4, 0.5) is 0 Å². The second-order valence-electron chi connectivity index (χ2n) is 5.83. The number of fused-ring (bicyclic) bond motifs is 1. The first-order valence-electron chi connectivity index (χ1n) is 7.01. The van der Waals surface area contributed by atoms with E-state index in [1.807, 2.05) is 0 Å². The number of H-pyrrole nitrogens is 1. The van der Waals surface area contributed by atoms with Crippen molar-refractivity contribution in [3.05, 3.63) is 28.5 Å². The maximum atomic E-state index is 5.49. The maximum absolute atomic E-state index is 5.49. The van der Waals surface area contributed by atoms with Gasteiger partial charge < -0.3 is 14.5 Å². The number of aromatic nitrogens is 2. The van der Waals surface area contributed by atoms with E-state index >= 15 is 0 Å². The summed E-state index contributed by atoms with van der Waals surface area (Å²) in [6.45, 7) is 5.56. The Morgan fingerprint density at radius 2 is 2.26 bits per heavy atom. The zero-order valence-electron chi connectivity index (χ0n) is 11.6. The molecular weight excluding hydrogens is 254 g/mol. The fourth-order valence-corrected chi connectivity index (χ4v) is 3.42. The van der Waals surface area contributed by atoms with Gasteiger partial charge in [-0.05, 0) is 69.2 Å². The molecule has 4 heteroatoms. The summed E-state index contributed by atoms with van der Waals surface area (Å²) in [5.41, 5.74) is 3.67. The number of piperidine rings is 1. The number of imidazole rings is 1. The Morgan fingerprint density at radius 3 is 3.05 bits per heavy atom. The van der Waals surface area contributed by atoms with Crippen LogP contribution in [0.1, 0.15) is 18.4 Å². The van der Waals surface area contributed by atoms with Gasteiger partial charge in [-0.2, -0.15) is 0 Å². The number of hydrogen-bond donors (Lipinski definition) is 1. The van der Waals surface area contributed by atoms with Crippen molar-refractivity contribution < 1.29 is 0 Å². The molecule has 3 rings (SSSR count). The first kappa shape index (κ1) is 12.9. The van der Waals surface area contributed by atoms with E-state index in [-0.39, 0.29) is 0 Å². The molecule has 1 saturated heterocycles. The third-order valence-electron chi connectivity index (χ3n) is 4.09. The molecule has 0 saturated carbocycles. The van der Waals surface area contributed by atoms with Crippen LogP contribution in [-0.2, 0) is 6.54 Å². The first-order chi connectivity index (χ1) is 9.13. The molecule has 0 radical (unpaired) electrons. The van der Waals surface area contributed by atoms with Gasteiger partial charge in [-0.3, -0.25) is 0 Å². The number of aromatic amines is 1. The summed E-state index contributed by atoms with van der Waals surface area (Å²) in [7, 11) is 2.21. The molecule has 0 aliphatic carbocycles. The number of aryl methyl sites for hydroxylation is 1. The Bertz CT molecular complexity index is 640. The highest BCUT2D eigenvalue weighted by Crippen LogP contribution is 2.21. The molecule has 2 aromatic rings. The lowest BCUT2D eigenvalue weighted by Crippen LogP contribution is -2.34. The second kappa shape index (κ2) is 5.10. The van der Waals surface area contributed by atoms with Crippen LogP contribution < -0.4 is 0 Å². The minimum Gasteiger partial charge on any atom is -0.331 e. The summed E-state index contributed by atoms with van der Waals surface area (Å²) in [4.78, 5) is 5.76. The number of hydrogen-bond acceptors (Lipinski definition) is 2. The highest BCUT2D eigenvalue weighted by atomic mass is 32.1. The molecule has 102 valence electrons. The van der Waals surface area contributed by atoms with Crippen LogP contribution in [0.15, 0.2) is 18.2 Å². The fourth-order valence-electron chi connectivity index (χ4n) is 3.14. The average Bonchev–Trinajstić information content (AvgIpc) is 2.65. The first-order valence-corrected chi connectivity index (χ1v) is 7.42. The number of benzene rings is 1. The molecule has 2 heterocycles. The minimum atomic E-state index is 0.714. The summed E-state index contributed by atoms with van der Waals surface area (Å²) < 4.78 is 3.13. The van der Waals surface area contributed by atoms with Crippen molar-refractivity contribution in [3.8, 4) is 0 Å². The van der Waals surface area contributed by atoms with Gasteiger partial charge in [0.25, 0.3) is 0 Å². The molecule has 3 nitrogen and oxygen atoms in total. The topological polar surface area (TPSA) is 24.0 Å². The van der Waals surface area contributed by atoms with Gasteiger partial charge in [0, 0.05) is 13.1 Å². The largest absolute Gasteiger partial charge is 0.331 e. The van der Waals surface area contributed by atoms with Crippen molar-refractivity contribution in [2.75, 3.05) is 20.1 Å². The predicted molar refractivity (Wildman–Crippen MR) is 82.1 cm³/mol. The summed E-state index contributed by atoms with van der Waals surface area (Å²) in [5.74, 6) is 0.714. The third-order valence-corrected chi connectivity index (χ3v) is 4.41. The van der Waals surface area contributed by atoms with Crippen molar-refractivity contribution in [2.45, 2.75) is 26.3 Å². The van der Waals surface area contributed by atoms with E-state index in [1.165, 1.54) is 37.0 Å². The van der Waals surface area contributed by atoms with Crippen LogP contribution in [-0.4, -0.2) is 34.6 Å². The van der Waals surface area contributed by atoms with Crippen LogP contribution in [0, 0.1) is 17.6 Å². The van der Waals surface area contributed by atoms with Gasteiger partial charge in [-0.15, -0.1) is 0 Å². The average molecular weight is 275 g/mol. The van der Waals surface area contributed by atoms with Gasteiger partial charge in [0.2, 0.25) is 0 Å². The van der Waals surface area contributed by atoms with Crippen molar-refractivity contribution >= 4 is 23.3 Å². The Hall–Kier alpha value is -1.13. The lowest BCUT2D eigenvalue weighted by Gasteiger charge is -2.29. The fraction of sp³-hybridized carbons (Fsp3) is 0.533. The number of nitrogens with zero attached hydrogens (tertiary/aromatic N) is 2. The molecule has 0 amide bonds. The van der Waals surface area contributed by atoms with E-state index in [0.717, 1.165) is 16.8 Å². The molecule has 1 fully saturated rings. The molecule has 1 aromatic carbocycles. The van der Waals surface area contributed by atoms with Crippen LogP contribution >= 0.6 is 12.2 Å². The lowest BCUT2D eigenvalue weighted by molar-refractivity contribution is 0.195. The molecule has 19 heavy (non-hydrogen) atoms. The van der Waals surface area contributed by atoms with Crippen molar-refractivity contribution in [1.82, 2.24) is 14.5 Å². The molecular formula is C15H21N3S. The number of nitrogens with one attached hydrogen (secondary N) is 1. The normalized spacial score (nSPS) is 21.1. The number of likely N-dealkylation sites (tertiary alicyclic amines) is 1. The van der Waals surface area contributed by atoms with E-state index in [9.17, 15) is 0 Å². The molecule has 1 aliphatic rings. The van der Waals surface area contributed by atoms with E-state index in [2.05, 4.69) is 46.6 Å².